The molecule has 102 valence electrons. The number of carbonyl (C=O) groups is 1. The van der Waals surface area contributed by atoms with Gasteiger partial charge in [0.1, 0.15) is 0 Å². The smallest absolute Gasteiger partial charge is 0.222 e. The molecule has 0 saturated carbocycles. The molecule has 0 aromatic heterocycles. The topological polar surface area (TPSA) is 53.3 Å². The molecule has 0 radical (unpaired) electrons. The molecule has 1 aromatic carbocycles. The van der Waals surface area contributed by atoms with Crippen molar-refractivity contribution in [3.8, 4) is 6.07 Å². The van der Waals surface area contributed by atoms with Gasteiger partial charge in [-0.15, -0.1) is 0 Å². The van der Waals surface area contributed by atoms with Crippen molar-refractivity contribution in [3.63, 3.8) is 0 Å². The highest BCUT2D eigenvalue weighted by Gasteiger charge is 2.09. The van der Waals surface area contributed by atoms with Crippen LogP contribution in [0.5, 0.6) is 0 Å². The van der Waals surface area contributed by atoms with Crippen LogP contribution in [0.3, 0.4) is 0 Å². The van der Waals surface area contributed by atoms with E-state index >= 15 is 0 Å². The molecular formula is C15H20N2O2. The standard InChI is InChI=1S/C15H20N2O2/c1-3-19-9-5-8-15(18)17(2)12-14-7-4-6-13(10-14)11-16/h4,6-7,10H,3,5,8-9,12H2,1-2H3. The Morgan fingerprint density at radius 1 is 1.47 bits per heavy atom. The predicted molar refractivity (Wildman–Crippen MR) is 73.4 cm³/mol. The highest BCUT2D eigenvalue weighted by Crippen LogP contribution is 2.08. The van der Waals surface area contributed by atoms with Crippen LogP contribution in [0, 0.1) is 11.3 Å². The maximum absolute atomic E-state index is 11.9. The number of rotatable bonds is 7. The number of hydrogen-bond acceptors (Lipinski definition) is 3. The molecule has 0 unspecified atom stereocenters. The van der Waals surface area contributed by atoms with Crippen molar-refractivity contribution in [2.24, 2.45) is 0 Å². The summed E-state index contributed by atoms with van der Waals surface area (Å²) in [5.74, 6) is 0.0991. The fraction of sp³-hybridized carbons (Fsp3) is 0.467. The Bertz CT molecular complexity index is 452. The lowest BCUT2D eigenvalue weighted by atomic mass is 10.1. The molecule has 0 aliphatic carbocycles. The molecule has 0 N–H and O–H groups in total. The van der Waals surface area contributed by atoms with Crippen LogP contribution in [0.15, 0.2) is 24.3 Å². The molecule has 0 aliphatic heterocycles. The van der Waals surface area contributed by atoms with E-state index in [1.54, 1.807) is 18.0 Å². The van der Waals surface area contributed by atoms with E-state index < -0.39 is 0 Å². The summed E-state index contributed by atoms with van der Waals surface area (Å²) >= 11 is 0. The normalized spacial score (nSPS) is 9.95. The summed E-state index contributed by atoms with van der Waals surface area (Å²) < 4.78 is 5.21. The summed E-state index contributed by atoms with van der Waals surface area (Å²) in [7, 11) is 1.78. The van der Waals surface area contributed by atoms with Crippen molar-refractivity contribution >= 4 is 5.91 Å². The zero-order valence-electron chi connectivity index (χ0n) is 11.6. The average Bonchev–Trinajstić information content (AvgIpc) is 2.43. The number of nitrogens with zero attached hydrogens (tertiary/aromatic N) is 2. The van der Waals surface area contributed by atoms with Crippen molar-refractivity contribution in [1.82, 2.24) is 4.90 Å². The number of carbonyl (C=O) groups excluding carboxylic acids is 1. The molecule has 0 atom stereocenters. The third-order valence-electron chi connectivity index (χ3n) is 2.79. The third kappa shape index (κ3) is 5.54. The molecule has 1 aromatic rings. The Labute approximate surface area is 114 Å². The van der Waals surface area contributed by atoms with Crippen LogP contribution in [0.25, 0.3) is 0 Å². The summed E-state index contributed by atoms with van der Waals surface area (Å²) in [6.07, 6.45) is 1.24. The molecule has 19 heavy (non-hydrogen) atoms. The molecule has 0 saturated heterocycles. The van der Waals surface area contributed by atoms with Gasteiger partial charge in [0.15, 0.2) is 0 Å². The summed E-state index contributed by atoms with van der Waals surface area (Å²) in [5.41, 5.74) is 1.59. The minimum atomic E-state index is 0.0991. The molecule has 1 amide bonds. The van der Waals surface area contributed by atoms with Gasteiger partial charge >= 0.3 is 0 Å². The van der Waals surface area contributed by atoms with E-state index in [1.807, 2.05) is 25.1 Å². The van der Waals surface area contributed by atoms with Crippen LogP contribution in [-0.4, -0.2) is 31.1 Å². The average molecular weight is 260 g/mol. The molecule has 0 fully saturated rings. The zero-order valence-corrected chi connectivity index (χ0v) is 11.6. The highest BCUT2D eigenvalue weighted by atomic mass is 16.5. The van der Waals surface area contributed by atoms with Crippen LogP contribution >= 0.6 is 0 Å². The Hall–Kier alpha value is -1.86. The molecule has 4 nitrogen and oxygen atoms in total. The van der Waals surface area contributed by atoms with E-state index in [4.69, 9.17) is 10.00 Å². The molecule has 0 bridgehead atoms. The number of amides is 1. The van der Waals surface area contributed by atoms with Crippen LogP contribution < -0.4 is 0 Å². The van der Waals surface area contributed by atoms with Gasteiger partial charge in [-0.1, -0.05) is 12.1 Å². The van der Waals surface area contributed by atoms with E-state index in [0.717, 1.165) is 12.0 Å². The Kier molecular flexibility index (Phi) is 6.62. The minimum Gasteiger partial charge on any atom is -0.382 e. The van der Waals surface area contributed by atoms with Gasteiger partial charge < -0.3 is 9.64 Å². The van der Waals surface area contributed by atoms with E-state index in [2.05, 4.69) is 6.07 Å². The maximum Gasteiger partial charge on any atom is 0.222 e. The summed E-state index contributed by atoms with van der Waals surface area (Å²) in [5, 5.41) is 8.83. The molecular weight excluding hydrogens is 240 g/mol. The lowest BCUT2D eigenvalue weighted by Crippen LogP contribution is -2.26. The van der Waals surface area contributed by atoms with Gasteiger partial charge in [0.05, 0.1) is 11.6 Å². The van der Waals surface area contributed by atoms with E-state index in [1.165, 1.54) is 0 Å². The van der Waals surface area contributed by atoms with Gasteiger partial charge in [-0.2, -0.15) is 5.26 Å². The summed E-state index contributed by atoms with van der Waals surface area (Å²) in [6.45, 7) is 3.78. The first kappa shape index (κ1) is 15.2. The van der Waals surface area contributed by atoms with Gasteiger partial charge in [0, 0.05) is 33.2 Å². The summed E-state index contributed by atoms with van der Waals surface area (Å²) in [4.78, 5) is 13.6. The van der Waals surface area contributed by atoms with Gasteiger partial charge in [-0.05, 0) is 31.0 Å². The maximum atomic E-state index is 11.9. The first-order valence-corrected chi connectivity index (χ1v) is 6.48. The van der Waals surface area contributed by atoms with E-state index in [9.17, 15) is 4.79 Å². The number of ether oxygens (including phenoxy) is 1. The molecule has 0 heterocycles. The second-order valence-corrected chi connectivity index (χ2v) is 4.36. The molecule has 4 heteroatoms. The number of benzene rings is 1. The quantitative estimate of drug-likeness (QED) is 0.707. The van der Waals surface area contributed by atoms with Crippen LogP contribution in [-0.2, 0) is 16.1 Å². The van der Waals surface area contributed by atoms with Crippen molar-refractivity contribution in [3.05, 3.63) is 35.4 Å². The lowest BCUT2D eigenvalue weighted by Gasteiger charge is -2.17. The van der Waals surface area contributed by atoms with Gasteiger partial charge in [-0.3, -0.25) is 4.79 Å². The third-order valence-corrected chi connectivity index (χ3v) is 2.79. The predicted octanol–water partition coefficient (Wildman–Crippen LogP) is 2.33. The highest BCUT2D eigenvalue weighted by molar-refractivity contribution is 5.75. The monoisotopic (exact) mass is 260 g/mol. The largest absolute Gasteiger partial charge is 0.382 e. The van der Waals surface area contributed by atoms with Crippen molar-refractivity contribution in [2.75, 3.05) is 20.3 Å². The second kappa shape index (κ2) is 8.28. The first-order valence-electron chi connectivity index (χ1n) is 6.48. The van der Waals surface area contributed by atoms with Gasteiger partial charge in [0.2, 0.25) is 5.91 Å². The second-order valence-electron chi connectivity index (χ2n) is 4.36. The molecule has 1 rings (SSSR count). The molecule has 0 aliphatic rings. The Morgan fingerprint density at radius 2 is 2.26 bits per heavy atom. The van der Waals surface area contributed by atoms with Crippen molar-refractivity contribution in [2.45, 2.75) is 26.3 Å². The van der Waals surface area contributed by atoms with Gasteiger partial charge in [-0.25, -0.2) is 0 Å². The van der Waals surface area contributed by atoms with Crippen LogP contribution in [0.1, 0.15) is 30.9 Å². The number of nitriles is 1. The van der Waals surface area contributed by atoms with Gasteiger partial charge in [0.25, 0.3) is 0 Å². The van der Waals surface area contributed by atoms with E-state index in [0.29, 0.717) is 31.7 Å². The zero-order chi connectivity index (χ0) is 14.1. The lowest BCUT2D eigenvalue weighted by molar-refractivity contribution is -0.130. The van der Waals surface area contributed by atoms with Crippen LogP contribution in [0.4, 0.5) is 0 Å². The first-order chi connectivity index (χ1) is 9.17. The number of hydrogen-bond donors (Lipinski definition) is 0. The van der Waals surface area contributed by atoms with Crippen molar-refractivity contribution in [1.29, 1.82) is 5.26 Å². The fourth-order valence-corrected chi connectivity index (χ4v) is 1.76. The fourth-order valence-electron chi connectivity index (χ4n) is 1.76. The SMILES string of the molecule is CCOCCCC(=O)N(C)Cc1cccc(C#N)c1. The van der Waals surface area contributed by atoms with Crippen molar-refractivity contribution < 1.29 is 9.53 Å². The Morgan fingerprint density at radius 3 is 2.95 bits per heavy atom. The van der Waals surface area contributed by atoms with E-state index in [-0.39, 0.29) is 5.91 Å². The minimum absolute atomic E-state index is 0.0991. The van der Waals surface area contributed by atoms with Crippen LogP contribution in [0.2, 0.25) is 0 Å². The molecule has 0 spiro atoms. The summed E-state index contributed by atoms with van der Waals surface area (Å²) in [6, 6.07) is 9.42. The Balaban J connectivity index is 2.43.